The molecule has 20 heavy (non-hydrogen) atoms. The fourth-order valence-corrected chi connectivity index (χ4v) is 3.05. The zero-order chi connectivity index (χ0) is 14.8. The second kappa shape index (κ2) is 9.98. The summed E-state index contributed by atoms with van der Waals surface area (Å²) in [5, 5.41) is 8.06. The van der Waals surface area contributed by atoms with Gasteiger partial charge in [-0.05, 0) is 50.1 Å². The molecule has 1 unspecified atom stereocenters. The number of aryl methyl sites for hydroxylation is 2. The van der Waals surface area contributed by atoms with Crippen molar-refractivity contribution in [3.63, 3.8) is 0 Å². The number of hydrogen-bond acceptors (Lipinski definition) is 2. The van der Waals surface area contributed by atoms with E-state index < -0.39 is 0 Å². The molecule has 1 N–H and O–H groups in total. The largest absolute Gasteiger partial charge is 0.314 e. The summed E-state index contributed by atoms with van der Waals surface area (Å²) in [6, 6.07) is 0.662. The van der Waals surface area contributed by atoms with Gasteiger partial charge in [-0.3, -0.25) is 4.68 Å². The Hall–Kier alpha value is -0.830. The van der Waals surface area contributed by atoms with Crippen LogP contribution in [0.2, 0.25) is 0 Å². The predicted octanol–water partition coefficient (Wildman–Crippen LogP) is 3.94. The Labute approximate surface area is 125 Å². The van der Waals surface area contributed by atoms with Crippen LogP contribution in [-0.2, 0) is 13.5 Å². The second-order valence-electron chi connectivity index (χ2n) is 5.96. The number of rotatable bonds is 11. The molecular formula is C17H33N3. The van der Waals surface area contributed by atoms with Crippen molar-refractivity contribution >= 4 is 0 Å². The lowest BCUT2D eigenvalue weighted by Crippen LogP contribution is -2.37. The molecule has 0 saturated heterocycles. The highest BCUT2D eigenvalue weighted by atomic mass is 15.2. The van der Waals surface area contributed by atoms with Gasteiger partial charge >= 0.3 is 0 Å². The molecular weight excluding hydrogens is 246 g/mol. The highest BCUT2D eigenvalue weighted by Crippen LogP contribution is 2.21. The van der Waals surface area contributed by atoms with Crippen LogP contribution in [0.25, 0.3) is 0 Å². The van der Waals surface area contributed by atoms with Gasteiger partial charge in [-0.2, -0.15) is 5.10 Å². The summed E-state index contributed by atoms with van der Waals surface area (Å²) >= 11 is 0. The molecule has 0 spiro atoms. The number of hydrogen-bond donors (Lipinski definition) is 1. The van der Waals surface area contributed by atoms with E-state index in [1.807, 2.05) is 17.9 Å². The summed E-state index contributed by atoms with van der Waals surface area (Å²) in [6.07, 6.45) is 13.0. The van der Waals surface area contributed by atoms with E-state index in [-0.39, 0.29) is 0 Å². The quantitative estimate of drug-likeness (QED) is 0.665. The van der Waals surface area contributed by atoms with Gasteiger partial charge in [0.1, 0.15) is 0 Å². The summed E-state index contributed by atoms with van der Waals surface area (Å²) in [6.45, 7) is 8.00. The first-order valence-electron chi connectivity index (χ1n) is 8.42. The maximum Gasteiger partial charge on any atom is 0.0521 e. The molecule has 0 bridgehead atoms. The average molecular weight is 279 g/mol. The first kappa shape index (κ1) is 17.2. The Bertz CT molecular complexity index is 340. The molecule has 1 heterocycles. The van der Waals surface area contributed by atoms with E-state index in [9.17, 15) is 0 Å². The monoisotopic (exact) mass is 279 g/mol. The average Bonchev–Trinajstić information content (AvgIpc) is 2.85. The molecule has 0 aliphatic heterocycles. The number of aromatic nitrogens is 2. The molecule has 0 radical (unpaired) electrons. The highest BCUT2D eigenvalue weighted by molar-refractivity contribution is 5.04. The molecule has 116 valence electrons. The minimum Gasteiger partial charge on any atom is -0.314 e. The molecule has 0 amide bonds. The summed E-state index contributed by atoms with van der Waals surface area (Å²) in [5.41, 5.74) is 1.36. The van der Waals surface area contributed by atoms with Crippen molar-refractivity contribution in [3.8, 4) is 0 Å². The van der Waals surface area contributed by atoms with E-state index in [2.05, 4.69) is 37.4 Å². The van der Waals surface area contributed by atoms with Crippen molar-refractivity contribution in [2.45, 2.75) is 71.8 Å². The lowest BCUT2D eigenvalue weighted by atomic mass is 9.87. The number of nitrogens with one attached hydrogen (secondary N) is 1. The van der Waals surface area contributed by atoms with E-state index in [4.69, 9.17) is 0 Å². The molecule has 0 aliphatic rings. The van der Waals surface area contributed by atoms with E-state index in [0.717, 1.165) is 18.9 Å². The van der Waals surface area contributed by atoms with Crippen LogP contribution >= 0.6 is 0 Å². The van der Waals surface area contributed by atoms with Gasteiger partial charge in [0.15, 0.2) is 0 Å². The third-order valence-electron chi connectivity index (χ3n) is 4.05. The number of nitrogens with zero attached hydrogens (tertiary/aromatic N) is 2. The van der Waals surface area contributed by atoms with Crippen LogP contribution < -0.4 is 5.32 Å². The molecule has 0 aliphatic carbocycles. The van der Waals surface area contributed by atoms with Crippen LogP contribution in [0.5, 0.6) is 0 Å². The van der Waals surface area contributed by atoms with Crippen LogP contribution in [0.1, 0.15) is 64.9 Å². The van der Waals surface area contributed by atoms with Gasteiger partial charge in [0.2, 0.25) is 0 Å². The van der Waals surface area contributed by atoms with Crippen LogP contribution in [-0.4, -0.2) is 22.4 Å². The van der Waals surface area contributed by atoms with Gasteiger partial charge in [-0.15, -0.1) is 0 Å². The molecule has 0 saturated carbocycles. The van der Waals surface area contributed by atoms with Crippen LogP contribution in [0.4, 0.5) is 0 Å². The Balaban J connectivity index is 2.56. The third-order valence-corrected chi connectivity index (χ3v) is 4.05. The van der Waals surface area contributed by atoms with Gasteiger partial charge in [0, 0.05) is 19.3 Å². The predicted molar refractivity (Wildman–Crippen MR) is 86.9 cm³/mol. The Morgan fingerprint density at radius 3 is 2.30 bits per heavy atom. The van der Waals surface area contributed by atoms with Gasteiger partial charge in [0.05, 0.1) is 6.20 Å². The van der Waals surface area contributed by atoms with Crippen LogP contribution in [0.3, 0.4) is 0 Å². The standard InChI is InChI=1S/C17H33N3/c1-5-8-16(9-6-2)17(18-12-7-3)11-10-15-13-19-20(4)14-15/h13-14,16-18H,5-12H2,1-4H3. The summed E-state index contributed by atoms with van der Waals surface area (Å²) in [7, 11) is 1.99. The van der Waals surface area contributed by atoms with E-state index in [0.29, 0.717) is 6.04 Å². The first-order chi connectivity index (χ1) is 9.71. The van der Waals surface area contributed by atoms with E-state index in [1.54, 1.807) is 0 Å². The zero-order valence-electron chi connectivity index (χ0n) is 13.9. The zero-order valence-corrected chi connectivity index (χ0v) is 13.9. The minimum absolute atomic E-state index is 0.662. The normalized spacial score (nSPS) is 13.1. The van der Waals surface area contributed by atoms with Crippen molar-refractivity contribution in [2.24, 2.45) is 13.0 Å². The molecule has 3 heteroatoms. The van der Waals surface area contributed by atoms with Crippen LogP contribution in [0, 0.1) is 5.92 Å². The van der Waals surface area contributed by atoms with Crippen LogP contribution in [0.15, 0.2) is 12.4 Å². The van der Waals surface area contributed by atoms with Crippen molar-refractivity contribution < 1.29 is 0 Å². The van der Waals surface area contributed by atoms with Crippen molar-refractivity contribution in [2.75, 3.05) is 6.54 Å². The minimum atomic E-state index is 0.662. The molecule has 1 aromatic rings. The summed E-state index contributed by atoms with van der Waals surface area (Å²) in [5.74, 6) is 0.827. The van der Waals surface area contributed by atoms with Crippen molar-refractivity contribution in [1.82, 2.24) is 15.1 Å². The topological polar surface area (TPSA) is 29.9 Å². The van der Waals surface area contributed by atoms with E-state index in [1.165, 1.54) is 44.1 Å². The van der Waals surface area contributed by atoms with Crippen molar-refractivity contribution in [1.29, 1.82) is 0 Å². The summed E-state index contributed by atoms with van der Waals surface area (Å²) in [4.78, 5) is 0. The molecule has 0 fully saturated rings. The lowest BCUT2D eigenvalue weighted by Gasteiger charge is -2.28. The van der Waals surface area contributed by atoms with Gasteiger partial charge < -0.3 is 5.32 Å². The molecule has 0 aromatic carbocycles. The molecule has 3 nitrogen and oxygen atoms in total. The fourth-order valence-electron chi connectivity index (χ4n) is 3.05. The first-order valence-corrected chi connectivity index (χ1v) is 8.42. The van der Waals surface area contributed by atoms with E-state index >= 15 is 0 Å². The van der Waals surface area contributed by atoms with Gasteiger partial charge in [-0.25, -0.2) is 0 Å². The lowest BCUT2D eigenvalue weighted by molar-refractivity contribution is 0.297. The Morgan fingerprint density at radius 1 is 1.10 bits per heavy atom. The highest BCUT2D eigenvalue weighted by Gasteiger charge is 2.19. The SMILES string of the molecule is CCCNC(CCc1cnn(C)c1)C(CCC)CCC. The smallest absolute Gasteiger partial charge is 0.0521 e. The fraction of sp³-hybridized carbons (Fsp3) is 0.824. The van der Waals surface area contributed by atoms with Crippen molar-refractivity contribution in [3.05, 3.63) is 18.0 Å². The maximum absolute atomic E-state index is 4.27. The molecule has 1 aromatic heterocycles. The Kier molecular flexibility index (Phi) is 8.59. The van der Waals surface area contributed by atoms with Gasteiger partial charge in [0.25, 0.3) is 0 Å². The Morgan fingerprint density at radius 2 is 1.80 bits per heavy atom. The molecule has 1 atom stereocenters. The second-order valence-corrected chi connectivity index (χ2v) is 5.96. The van der Waals surface area contributed by atoms with Gasteiger partial charge in [-0.1, -0.05) is 33.6 Å². The summed E-state index contributed by atoms with van der Waals surface area (Å²) < 4.78 is 1.90. The molecule has 1 rings (SSSR count). The maximum atomic E-state index is 4.27. The third kappa shape index (κ3) is 6.08.